The third kappa shape index (κ3) is 16.5. The standard InChI is InChI=1S/C18H16BrFN2O.C14H10BrF2N.C14H9BrFN.C13H7BrF2O.C5H8O/c19-13-6-9-15-16(11-13)22(17-3-1-2-10-23-17)21-18(15)12-4-7-14(20)8-5-12;1-18-14(9-2-5-11(16)6-3-9)12-7-4-10(15)8-13(12)17;15-11-3-6-13-10(7-11)8-17-14(13)9-1-4-12(16)5-2-9;14-9-3-6-11(12(16)7-9)13(17)8-1-4-10(15)5-2-8;1-2-4-6-5-3-1/h4-9,11,17H,1-3,10H2;2-8H,1H3;1-7H,8H2;1-7H;2,4H,1,3,5H2. The summed E-state index contributed by atoms with van der Waals surface area (Å²) >= 11 is 13.3. The van der Waals surface area contributed by atoms with E-state index in [0.717, 1.165) is 80.4 Å². The molecule has 0 amide bonds. The smallest absolute Gasteiger partial charge is 0.195 e. The van der Waals surface area contributed by atoms with Crippen molar-refractivity contribution in [2.75, 3.05) is 20.3 Å². The summed E-state index contributed by atoms with van der Waals surface area (Å²) in [5.41, 5.74) is 8.87. The highest BCUT2D eigenvalue weighted by Gasteiger charge is 2.23. The van der Waals surface area contributed by atoms with Gasteiger partial charge in [0.2, 0.25) is 0 Å². The summed E-state index contributed by atoms with van der Waals surface area (Å²) in [6.45, 7) is 2.38. The van der Waals surface area contributed by atoms with Crippen LogP contribution in [0.1, 0.15) is 82.1 Å². The molecule has 0 N–H and O–H groups in total. The van der Waals surface area contributed by atoms with Crippen LogP contribution in [0, 0.1) is 34.9 Å². The van der Waals surface area contributed by atoms with Gasteiger partial charge in [0.15, 0.2) is 12.0 Å². The van der Waals surface area contributed by atoms with Gasteiger partial charge in [0, 0.05) is 70.3 Å². The number of rotatable bonds is 7. The van der Waals surface area contributed by atoms with Crippen LogP contribution in [0.2, 0.25) is 0 Å². The van der Waals surface area contributed by atoms with E-state index in [-0.39, 0.29) is 40.6 Å². The molecular formula is C64H50Br4F6N4O3. The molecule has 4 heterocycles. The van der Waals surface area contributed by atoms with E-state index in [0.29, 0.717) is 32.3 Å². The molecule has 3 aliphatic rings. The van der Waals surface area contributed by atoms with Crippen molar-refractivity contribution in [3.63, 3.8) is 0 Å². The Labute approximate surface area is 499 Å². The molecule has 1 fully saturated rings. The third-order valence-electron chi connectivity index (χ3n) is 12.7. The van der Waals surface area contributed by atoms with Gasteiger partial charge in [-0.15, -0.1) is 0 Å². The fraction of sp³-hybridized carbons (Fsp3) is 0.156. The minimum Gasteiger partial charge on any atom is -0.502 e. The summed E-state index contributed by atoms with van der Waals surface area (Å²) in [6.07, 6.45) is 9.38. The molecule has 1 aromatic heterocycles. The largest absolute Gasteiger partial charge is 0.502 e. The highest BCUT2D eigenvalue weighted by molar-refractivity contribution is 9.11. The lowest BCUT2D eigenvalue weighted by atomic mass is 10.0. The minimum absolute atomic E-state index is 0.0280. The predicted octanol–water partition coefficient (Wildman–Crippen LogP) is 18.7. The summed E-state index contributed by atoms with van der Waals surface area (Å²) < 4.78 is 95.1. The minimum atomic E-state index is -0.603. The van der Waals surface area contributed by atoms with Crippen LogP contribution in [0.4, 0.5) is 26.3 Å². The van der Waals surface area contributed by atoms with Crippen molar-refractivity contribution in [3.8, 4) is 11.3 Å². The molecule has 0 aliphatic carbocycles. The van der Waals surface area contributed by atoms with Gasteiger partial charge >= 0.3 is 0 Å². The van der Waals surface area contributed by atoms with E-state index < -0.39 is 17.4 Å². The zero-order chi connectivity index (χ0) is 57.4. The lowest BCUT2D eigenvalue weighted by Gasteiger charge is -2.23. The van der Waals surface area contributed by atoms with Gasteiger partial charge in [-0.05, 0) is 208 Å². The molecule has 8 aromatic carbocycles. The van der Waals surface area contributed by atoms with Crippen molar-refractivity contribution in [2.24, 2.45) is 9.98 Å². The van der Waals surface area contributed by atoms with Gasteiger partial charge in [0.25, 0.3) is 0 Å². The van der Waals surface area contributed by atoms with Crippen LogP contribution >= 0.6 is 63.7 Å². The monoisotopic (exact) mass is 1350 g/mol. The van der Waals surface area contributed by atoms with Crippen LogP contribution in [-0.4, -0.2) is 47.2 Å². The molecule has 0 bridgehead atoms. The number of ketones is 1. The van der Waals surface area contributed by atoms with Gasteiger partial charge in [0.05, 0.1) is 41.9 Å². The van der Waals surface area contributed by atoms with Gasteiger partial charge in [-0.2, -0.15) is 5.10 Å². The molecule has 0 spiro atoms. The normalized spacial score (nSPS) is 14.3. The maximum atomic E-state index is 13.9. The second-order valence-corrected chi connectivity index (χ2v) is 22.0. The van der Waals surface area contributed by atoms with Crippen LogP contribution < -0.4 is 0 Å². The number of hydrogen-bond acceptors (Lipinski definition) is 6. The van der Waals surface area contributed by atoms with Crippen molar-refractivity contribution in [1.82, 2.24) is 9.78 Å². The number of hydrogen-bond donors (Lipinski definition) is 0. The number of fused-ring (bicyclic) bond motifs is 2. The Kier molecular flexibility index (Phi) is 21.8. The molecule has 1 saturated heterocycles. The van der Waals surface area contributed by atoms with Gasteiger partial charge < -0.3 is 9.47 Å². The Hall–Kier alpha value is -6.76. The first-order valence-electron chi connectivity index (χ1n) is 25.5. The Morgan fingerprint density at radius 2 is 1.12 bits per heavy atom. The number of nitrogens with zero attached hydrogens (tertiary/aromatic N) is 4. The molecule has 81 heavy (non-hydrogen) atoms. The Bertz CT molecular complexity index is 3690. The quantitative estimate of drug-likeness (QED) is 0.0905. The topological polar surface area (TPSA) is 78.1 Å². The lowest BCUT2D eigenvalue weighted by molar-refractivity contribution is -0.0365. The predicted molar refractivity (Wildman–Crippen MR) is 322 cm³/mol. The van der Waals surface area contributed by atoms with E-state index in [9.17, 15) is 31.1 Å². The summed E-state index contributed by atoms with van der Waals surface area (Å²) in [5, 5.41) is 5.85. The van der Waals surface area contributed by atoms with Crippen LogP contribution in [-0.2, 0) is 16.0 Å². The van der Waals surface area contributed by atoms with Gasteiger partial charge in [-0.3, -0.25) is 14.8 Å². The Balaban J connectivity index is 0.000000138. The number of carbonyl (C=O) groups excluding carboxylic acids is 1. The molecule has 1 atom stereocenters. The summed E-state index contributed by atoms with van der Waals surface area (Å²) in [5.74, 6) is -2.65. The first kappa shape index (κ1) is 60.3. The molecule has 9 aromatic rings. The van der Waals surface area contributed by atoms with E-state index in [4.69, 9.17) is 14.6 Å². The maximum Gasteiger partial charge on any atom is 0.195 e. The number of ether oxygens (including phenoxy) is 2. The Morgan fingerprint density at radius 3 is 1.65 bits per heavy atom. The van der Waals surface area contributed by atoms with Crippen molar-refractivity contribution < 1.29 is 40.6 Å². The zero-order valence-corrected chi connectivity index (χ0v) is 49.7. The number of halogens is 10. The zero-order valence-electron chi connectivity index (χ0n) is 43.3. The number of benzene rings is 8. The average Bonchev–Trinajstić information content (AvgIpc) is 4.14. The fourth-order valence-corrected chi connectivity index (χ4v) is 10.1. The van der Waals surface area contributed by atoms with E-state index in [1.165, 1.54) is 97.3 Å². The molecule has 17 heteroatoms. The van der Waals surface area contributed by atoms with Crippen LogP contribution in [0.15, 0.2) is 210 Å². The number of carbonyl (C=O) groups is 1. The van der Waals surface area contributed by atoms with Crippen molar-refractivity contribution in [3.05, 3.63) is 274 Å². The van der Waals surface area contributed by atoms with Crippen LogP contribution in [0.5, 0.6) is 0 Å². The van der Waals surface area contributed by atoms with Gasteiger partial charge in [-0.1, -0.05) is 69.8 Å². The van der Waals surface area contributed by atoms with Gasteiger partial charge in [-0.25, -0.2) is 31.0 Å². The highest BCUT2D eigenvalue weighted by Crippen LogP contribution is 2.35. The van der Waals surface area contributed by atoms with Crippen molar-refractivity contribution >= 4 is 91.8 Å². The summed E-state index contributed by atoms with van der Waals surface area (Å²) in [7, 11) is 1.58. The summed E-state index contributed by atoms with van der Waals surface area (Å²) in [4.78, 5) is 20.5. The third-order valence-corrected chi connectivity index (χ3v) is 14.7. The molecule has 1 unspecified atom stereocenters. The number of aliphatic imine (C=N–C) groups is 2. The first-order chi connectivity index (χ1) is 39.1. The number of aromatic nitrogens is 2. The average molecular weight is 1360 g/mol. The first-order valence-corrected chi connectivity index (χ1v) is 28.7. The molecule has 0 saturated carbocycles. The molecule has 12 rings (SSSR count). The van der Waals surface area contributed by atoms with Crippen LogP contribution in [0.25, 0.3) is 22.2 Å². The molecular weight excluding hydrogens is 1310 g/mol. The second-order valence-electron chi connectivity index (χ2n) is 18.3. The van der Waals surface area contributed by atoms with E-state index in [1.807, 2.05) is 29.0 Å². The lowest BCUT2D eigenvalue weighted by Crippen LogP contribution is -2.19. The van der Waals surface area contributed by atoms with Crippen LogP contribution in [0.3, 0.4) is 0 Å². The van der Waals surface area contributed by atoms with Crippen molar-refractivity contribution in [2.45, 2.75) is 44.9 Å². The van der Waals surface area contributed by atoms with Gasteiger partial charge in [0.1, 0.15) is 40.6 Å². The number of allylic oxidation sites excluding steroid dienone is 1. The highest BCUT2D eigenvalue weighted by atomic mass is 79.9. The maximum absolute atomic E-state index is 13.9. The van der Waals surface area contributed by atoms with E-state index in [1.54, 1.807) is 67.9 Å². The van der Waals surface area contributed by atoms with E-state index >= 15 is 0 Å². The molecule has 7 nitrogen and oxygen atoms in total. The molecule has 0 radical (unpaired) electrons. The van der Waals surface area contributed by atoms with Crippen molar-refractivity contribution in [1.29, 1.82) is 0 Å². The SMILES string of the molecule is C1=COCCC1.CN=C(c1ccc(F)cc1)c1ccc(Br)cc1F.Fc1ccc(-c2nn(C3CCCCO3)c3cc(Br)ccc23)cc1.Fc1ccc(C2=NCc3cc(Br)ccc32)cc1.O=C(c1ccc(F)cc1)c1ccc(Br)cc1F. The van der Waals surface area contributed by atoms with E-state index in [2.05, 4.69) is 91.9 Å². The molecule has 414 valence electrons. The second kappa shape index (κ2) is 29.3. The molecule has 3 aliphatic heterocycles. The fourth-order valence-electron chi connectivity index (χ4n) is 8.71. The summed E-state index contributed by atoms with van der Waals surface area (Å²) in [6, 6.07) is 45.0. The Morgan fingerprint density at radius 1 is 0.580 bits per heavy atom.